The van der Waals surface area contributed by atoms with E-state index in [1.165, 1.54) is 5.57 Å². The van der Waals surface area contributed by atoms with Gasteiger partial charge in [0.1, 0.15) is 0 Å². The third-order valence-electron chi connectivity index (χ3n) is 6.12. The van der Waals surface area contributed by atoms with Gasteiger partial charge in [0.05, 0.1) is 24.7 Å². The van der Waals surface area contributed by atoms with Crippen molar-refractivity contribution < 1.29 is 25.2 Å². The molecule has 142 valence electrons. The van der Waals surface area contributed by atoms with Gasteiger partial charge in [-0.1, -0.05) is 39.0 Å². The highest BCUT2D eigenvalue weighted by molar-refractivity contribution is 5.67. The summed E-state index contributed by atoms with van der Waals surface area (Å²) in [5, 5.41) is 39.4. The van der Waals surface area contributed by atoms with Crippen LogP contribution in [0.4, 0.5) is 0 Å². The molecule has 5 heteroatoms. The van der Waals surface area contributed by atoms with Crippen LogP contribution in [0.25, 0.3) is 0 Å². The van der Waals surface area contributed by atoms with Crippen molar-refractivity contribution in [2.24, 2.45) is 23.2 Å². The summed E-state index contributed by atoms with van der Waals surface area (Å²) in [6.45, 7) is 6.37. The van der Waals surface area contributed by atoms with Crippen LogP contribution in [0, 0.1) is 23.2 Å². The van der Waals surface area contributed by atoms with Gasteiger partial charge in [0, 0.05) is 5.41 Å². The van der Waals surface area contributed by atoms with Gasteiger partial charge < -0.3 is 20.4 Å². The van der Waals surface area contributed by atoms with Crippen LogP contribution < -0.4 is 0 Å². The fraction of sp³-hybridized carbons (Fsp3) is 0.750. The molecule has 2 aliphatic carbocycles. The standard InChI is InChI=1S/C20H32O5/c1-12-8-14-5-4-13(2)17(20(14,3)18(23)9-12)7-6-15(21)10-16(22)11-19(24)25/h4-5,8,12-13,15-18,21-23H,6-7,9-11H2,1-3H3,(H,24,25)/t12-,13-,15+,16+,17-,18-,20-/m0/s1. The Labute approximate surface area is 150 Å². The van der Waals surface area contributed by atoms with E-state index < -0.39 is 24.3 Å². The average Bonchev–Trinajstić information content (AvgIpc) is 2.47. The van der Waals surface area contributed by atoms with Gasteiger partial charge >= 0.3 is 5.97 Å². The van der Waals surface area contributed by atoms with Crippen molar-refractivity contribution in [2.45, 2.75) is 71.2 Å². The Hall–Kier alpha value is -1.17. The van der Waals surface area contributed by atoms with Gasteiger partial charge in [-0.05, 0) is 49.0 Å². The molecule has 0 heterocycles. The van der Waals surface area contributed by atoms with Crippen molar-refractivity contribution in [1.29, 1.82) is 0 Å². The summed E-state index contributed by atoms with van der Waals surface area (Å²) < 4.78 is 0. The first kappa shape index (κ1) is 20.1. The molecule has 0 aliphatic heterocycles. The van der Waals surface area contributed by atoms with Crippen molar-refractivity contribution in [3.63, 3.8) is 0 Å². The van der Waals surface area contributed by atoms with Crippen molar-refractivity contribution in [1.82, 2.24) is 0 Å². The maximum atomic E-state index is 10.8. The quantitative estimate of drug-likeness (QED) is 0.564. The Morgan fingerprint density at radius 2 is 2.00 bits per heavy atom. The summed E-state index contributed by atoms with van der Waals surface area (Å²) in [5.41, 5.74) is 0.863. The number of rotatable bonds is 7. The Bertz CT molecular complexity index is 540. The molecule has 0 fully saturated rings. The minimum atomic E-state index is -1.06. The molecular formula is C20H32O5. The van der Waals surface area contributed by atoms with Crippen molar-refractivity contribution in [2.75, 3.05) is 0 Å². The van der Waals surface area contributed by atoms with Gasteiger partial charge in [0.2, 0.25) is 0 Å². The highest BCUT2D eigenvalue weighted by Crippen LogP contribution is 2.52. The molecule has 2 aliphatic rings. The topological polar surface area (TPSA) is 98.0 Å². The minimum Gasteiger partial charge on any atom is -0.481 e. The van der Waals surface area contributed by atoms with E-state index in [9.17, 15) is 20.1 Å². The lowest BCUT2D eigenvalue weighted by molar-refractivity contribution is -0.139. The second-order valence-corrected chi connectivity index (χ2v) is 8.18. The Balaban J connectivity index is 2.04. The molecule has 7 atom stereocenters. The first-order valence-corrected chi connectivity index (χ1v) is 9.31. The maximum absolute atomic E-state index is 10.8. The fourth-order valence-electron chi connectivity index (χ4n) is 4.63. The zero-order valence-electron chi connectivity index (χ0n) is 15.4. The van der Waals surface area contributed by atoms with Gasteiger partial charge in [-0.25, -0.2) is 0 Å². The van der Waals surface area contributed by atoms with Crippen LogP contribution in [-0.4, -0.2) is 44.7 Å². The zero-order valence-corrected chi connectivity index (χ0v) is 15.4. The number of carboxylic acid groups (broad SMARTS) is 1. The number of hydrogen-bond donors (Lipinski definition) is 4. The fourth-order valence-corrected chi connectivity index (χ4v) is 4.63. The smallest absolute Gasteiger partial charge is 0.305 e. The molecule has 0 unspecified atom stereocenters. The van der Waals surface area contributed by atoms with Crippen LogP contribution in [0.1, 0.15) is 52.9 Å². The number of hydrogen-bond acceptors (Lipinski definition) is 4. The number of carbonyl (C=O) groups is 1. The summed E-state index contributed by atoms with van der Waals surface area (Å²) >= 11 is 0. The van der Waals surface area contributed by atoms with E-state index in [4.69, 9.17) is 5.11 Å². The Morgan fingerprint density at radius 3 is 2.64 bits per heavy atom. The molecule has 25 heavy (non-hydrogen) atoms. The number of allylic oxidation sites excluding steroid dienone is 3. The molecule has 0 amide bonds. The first-order chi connectivity index (χ1) is 11.6. The third kappa shape index (κ3) is 4.52. The molecule has 0 aromatic carbocycles. The SMILES string of the molecule is C[C@H]1C=C2C=C[C@H](C)[C@H](CC[C@@H](O)C[C@@H](O)CC(=O)O)[C@@]2(C)[C@@H](O)C1. The molecule has 0 bridgehead atoms. The van der Waals surface area contributed by atoms with Crippen molar-refractivity contribution in [3.8, 4) is 0 Å². The number of fused-ring (bicyclic) bond motifs is 1. The van der Waals surface area contributed by atoms with Crippen molar-refractivity contribution >= 4 is 5.97 Å². The molecule has 0 saturated carbocycles. The molecule has 5 nitrogen and oxygen atoms in total. The maximum Gasteiger partial charge on any atom is 0.305 e. The summed E-state index contributed by atoms with van der Waals surface area (Å²) in [5.74, 6) is -0.208. The number of aliphatic hydroxyl groups excluding tert-OH is 3. The number of carboxylic acids is 1. The Morgan fingerprint density at radius 1 is 1.32 bits per heavy atom. The highest BCUT2D eigenvalue weighted by atomic mass is 16.4. The van der Waals surface area contributed by atoms with Crippen molar-refractivity contribution in [3.05, 3.63) is 23.8 Å². The lowest BCUT2D eigenvalue weighted by Crippen LogP contribution is -2.47. The predicted octanol–water partition coefficient (Wildman–Crippen LogP) is 2.51. The molecule has 4 N–H and O–H groups in total. The summed E-state index contributed by atoms with van der Waals surface area (Å²) in [6, 6.07) is 0. The van der Waals surface area contributed by atoms with E-state index in [-0.39, 0.29) is 24.2 Å². The molecule has 0 spiro atoms. The van der Waals surface area contributed by atoms with E-state index in [1.807, 2.05) is 0 Å². The van der Waals surface area contributed by atoms with Crippen LogP contribution >= 0.6 is 0 Å². The summed E-state index contributed by atoms with van der Waals surface area (Å²) in [4.78, 5) is 10.6. The van der Waals surface area contributed by atoms with E-state index in [2.05, 4.69) is 39.0 Å². The van der Waals surface area contributed by atoms with Crippen LogP contribution in [0.3, 0.4) is 0 Å². The lowest BCUT2D eigenvalue weighted by Gasteiger charge is -2.50. The molecule has 0 saturated heterocycles. The molecule has 0 radical (unpaired) electrons. The number of aliphatic hydroxyl groups is 3. The summed E-state index contributed by atoms with van der Waals surface area (Å²) in [7, 11) is 0. The van der Waals surface area contributed by atoms with Crippen LogP contribution in [0.5, 0.6) is 0 Å². The first-order valence-electron chi connectivity index (χ1n) is 9.31. The van der Waals surface area contributed by atoms with Gasteiger partial charge in [0.15, 0.2) is 0 Å². The van der Waals surface area contributed by atoms with E-state index >= 15 is 0 Å². The van der Waals surface area contributed by atoms with E-state index in [1.54, 1.807) is 0 Å². The Kier molecular flexibility index (Phi) is 6.46. The van der Waals surface area contributed by atoms with Gasteiger partial charge in [-0.3, -0.25) is 4.79 Å². The van der Waals surface area contributed by atoms with Crippen LogP contribution in [0.2, 0.25) is 0 Å². The van der Waals surface area contributed by atoms with Gasteiger partial charge in [-0.2, -0.15) is 0 Å². The average molecular weight is 352 g/mol. The highest BCUT2D eigenvalue weighted by Gasteiger charge is 2.48. The lowest BCUT2D eigenvalue weighted by atomic mass is 9.56. The molecule has 0 aromatic rings. The zero-order chi connectivity index (χ0) is 18.8. The van der Waals surface area contributed by atoms with E-state index in [0.717, 1.165) is 12.8 Å². The largest absolute Gasteiger partial charge is 0.481 e. The van der Waals surface area contributed by atoms with Gasteiger partial charge in [0.25, 0.3) is 0 Å². The minimum absolute atomic E-state index is 0.0717. The summed E-state index contributed by atoms with van der Waals surface area (Å²) in [6.07, 6.45) is 6.08. The molecule has 2 rings (SSSR count). The van der Waals surface area contributed by atoms with E-state index in [0.29, 0.717) is 18.3 Å². The number of aliphatic carboxylic acids is 1. The van der Waals surface area contributed by atoms with Crippen LogP contribution in [0.15, 0.2) is 23.8 Å². The normalized spacial score (nSPS) is 37.1. The predicted molar refractivity (Wildman–Crippen MR) is 95.9 cm³/mol. The molecule has 0 aromatic heterocycles. The monoisotopic (exact) mass is 352 g/mol. The van der Waals surface area contributed by atoms with Gasteiger partial charge in [-0.15, -0.1) is 0 Å². The third-order valence-corrected chi connectivity index (χ3v) is 6.12. The second-order valence-electron chi connectivity index (χ2n) is 8.18. The second kappa shape index (κ2) is 8.02. The molecular weight excluding hydrogens is 320 g/mol. The van der Waals surface area contributed by atoms with Crippen LogP contribution in [-0.2, 0) is 4.79 Å².